The lowest BCUT2D eigenvalue weighted by molar-refractivity contribution is -0.139. The van der Waals surface area contributed by atoms with Crippen molar-refractivity contribution < 1.29 is 32.2 Å². The first-order valence-electron chi connectivity index (χ1n) is 6.21. The monoisotopic (exact) mass is 364 g/mol. The second kappa shape index (κ2) is 6.16. The first kappa shape index (κ1) is 17.8. The average molecular weight is 365 g/mol. The Hall–Kier alpha value is -2.55. The van der Waals surface area contributed by atoms with Gasteiger partial charge >= 0.3 is 12.1 Å². The van der Waals surface area contributed by atoms with E-state index in [1.807, 2.05) is 0 Å². The first-order chi connectivity index (χ1) is 11.1. The quantitative estimate of drug-likeness (QED) is 0.808. The van der Waals surface area contributed by atoms with Gasteiger partial charge in [0.05, 0.1) is 23.5 Å². The normalized spacial score (nSPS) is 11.4. The van der Waals surface area contributed by atoms with Gasteiger partial charge < -0.3 is 15.6 Å². The molecule has 0 unspecified atom stereocenters. The summed E-state index contributed by atoms with van der Waals surface area (Å²) in [6.07, 6.45) is -4.83. The molecular formula is C14H9ClF4N2O3. The van der Waals surface area contributed by atoms with Crippen LogP contribution in [0.2, 0.25) is 5.02 Å². The number of halogens is 5. The van der Waals surface area contributed by atoms with Crippen LogP contribution in [0.25, 0.3) is 11.3 Å². The fourth-order valence-electron chi connectivity index (χ4n) is 2.01. The van der Waals surface area contributed by atoms with Gasteiger partial charge in [0.25, 0.3) is 0 Å². The number of hydrogen-bond donors (Lipinski definition) is 2. The van der Waals surface area contributed by atoms with Crippen LogP contribution in [0.15, 0.2) is 18.2 Å². The van der Waals surface area contributed by atoms with Crippen molar-refractivity contribution in [3.8, 4) is 17.0 Å². The first-order valence-corrected chi connectivity index (χ1v) is 6.59. The third kappa shape index (κ3) is 3.07. The number of carbonyl (C=O) groups is 1. The molecule has 0 radical (unpaired) electrons. The van der Waals surface area contributed by atoms with Crippen LogP contribution < -0.4 is 10.5 Å². The minimum atomic E-state index is -4.83. The van der Waals surface area contributed by atoms with Crippen molar-refractivity contribution in [1.29, 1.82) is 0 Å². The number of alkyl halides is 3. The minimum Gasteiger partial charge on any atom is -0.493 e. The molecule has 128 valence electrons. The molecule has 0 aliphatic rings. The topological polar surface area (TPSA) is 85.4 Å². The number of hydrogen-bond acceptors (Lipinski definition) is 4. The number of aromatic nitrogens is 1. The zero-order chi connectivity index (χ0) is 18.2. The van der Waals surface area contributed by atoms with Gasteiger partial charge in [-0.3, -0.25) is 0 Å². The lowest BCUT2D eigenvalue weighted by atomic mass is 10.0. The highest BCUT2D eigenvalue weighted by Crippen LogP contribution is 2.41. The summed E-state index contributed by atoms with van der Waals surface area (Å²) < 4.78 is 57.5. The summed E-state index contributed by atoms with van der Waals surface area (Å²) in [5.74, 6) is -3.90. The number of ether oxygens (including phenoxy) is 1. The summed E-state index contributed by atoms with van der Waals surface area (Å²) in [4.78, 5) is 14.7. The molecule has 10 heteroatoms. The fourth-order valence-corrected chi connectivity index (χ4v) is 2.18. The molecule has 24 heavy (non-hydrogen) atoms. The molecule has 0 saturated heterocycles. The van der Waals surface area contributed by atoms with Crippen LogP contribution in [0.4, 0.5) is 23.2 Å². The Morgan fingerprint density at radius 1 is 1.38 bits per heavy atom. The maximum atomic E-state index is 14.4. The Bertz CT molecular complexity index is 825. The molecule has 0 atom stereocenters. The smallest absolute Gasteiger partial charge is 0.420 e. The third-order valence-corrected chi connectivity index (χ3v) is 3.47. The summed E-state index contributed by atoms with van der Waals surface area (Å²) in [5, 5.41) is 8.66. The van der Waals surface area contributed by atoms with Crippen LogP contribution in [-0.4, -0.2) is 23.2 Å². The summed E-state index contributed by atoms with van der Waals surface area (Å²) in [6, 6.07) is 2.46. The average Bonchev–Trinajstić information content (AvgIpc) is 2.48. The summed E-state index contributed by atoms with van der Waals surface area (Å²) in [7, 11) is 0.879. The largest absolute Gasteiger partial charge is 0.493 e. The number of nitrogens with zero attached hydrogens (tertiary/aromatic N) is 1. The summed E-state index contributed by atoms with van der Waals surface area (Å²) in [5.41, 5.74) is 2.67. The Morgan fingerprint density at radius 2 is 2.00 bits per heavy atom. The van der Waals surface area contributed by atoms with Gasteiger partial charge in [0, 0.05) is 5.56 Å². The third-order valence-electron chi connectivity index (χ3n) is 3.07. The lowest BCUT2D eigenvalue weighted by Crippen LogP contribution is -2.10. The van der Waals surface area contributed by atoms with Crippen molar-refractivity contribution >= 4 is 23.3 Å². The van der Waals surface area contributed by atoms with E-state index in [9.17, 15) is 22.4 Å². The number of nitrogens with two attached hydrogens (primary N) is 1. The second-order valence-corrected chi connectivity index (χ2v) is 4.95. The molecule has 2 aromatic rings. The van der Waals surface area contributed by atoms with Crippen LogP contribution in [0, 0.1) is 5.82 Å². The summed E-state index contributed by atoms with van der Waals surface area (Å²) >= 11 is 5.70. The zero-order valence-electron chi connectivity index (χ0n) is 11.9. The Balaban J connectivity index is 2.73. The number of carboxylic acid groups (broad SMARTS) is 1. The molecule has 0 spiro atoms. The molecule has 1 aromatic carbocycles. The predicted molar refractivity (Wildman–Crippen MR) is 77.6 cm³/mol. The van der Waals surface area contributed by atoms with E-state index in [-0.39, 0.29) is 16.4 Å². The van der Waals surface area contributed by atoms with Gasteiger partial charge in [-0.25, -0.2) is 14.2 Å². The molecule has 1 heterocycles. The van der Waals surface area contributed by atoms with Crippen molar-refractivity contribution in [2.75, 3.05) is 12.8 Å². The van der Waals surface area contributed by atoms with Crippen LogP contribution in [0.1, 0.15) is 16.1 Å². The van der Waals surface area contributed by atoms with Gasteiger partial charge in [-0.15, -0.1) is 0 Å². The highest BCUT2D eigenvalue weighted by atomic mass is 35.5. The van der Waals surface area contributed by atoms with Crippen LogP contribution in [0.3, 0.4) is 0 Å². The molecule has 2 rings (SSSR count). The molecule has 0 bridgehead atoms. The van der Waals surface area contributed by atoms with E-state index in [0.29, 0.717) is 6.07 Å². The van der Waals surface area contributed by atoms with Crippen molar-refractivity contribution in [3.05, 3.63) is 40.3 Å². The molecule has 0 aliphatic heterocycles. The summed E-state index contributed by atoms with van der Waals surface area (Å²) in [6.45, 7) is 0. The predicted octanol–water partition coefficient (Wildman–Crippen LogP) is 3.85. The van der Waals surface area contributed by atoms with E-state index < -0.39 is 40.5 Å². The van der Waals surface area contributed by atoms with E-state index in [4.69, 9.17) is 22.4 Å². The van der Waals surface area contributed by atoms with Crippen molar-refractivity contribution in [2.24, 2.45) is 0 Å². The maximum Gasteiger partial charge on any atom is 0.420 e. The Labute approximate surface area is 137 Å². The van der Waals surface area contributed by atoms with E-state index >= 15 is 0 Å². The number of nitrogen functional groups attached to an aromatic ring is 1. The number of methoxy groups -OCH3 is 1. The van der Waals surface area contributed by atoms with E-state index in [0.717, 1.165) is 19.2 Å². The molecule has 0 saturated carbocycles. The van der Waals surface area contributed by atoms with E-state index in [1.54, 1.807) is 0 Å². The molecular weight excluding hydrogens is 356 g/mol. The molecule has 3 N–H and O–H groups in total. The lowest BCUT2D eigenvalue weighted by Gasteiger charge is -2.15. The van der Waals surface area contributed by atoms with E-state index in [1.165, 1.54) is 0 Å². The van der Waals surface area contributed by atoms with Crippen LogP contribution in [-0.2, 0) is 6.18 Å². The van der Waals surface area contributed by atoms with Crippen LogP contribution in [0.5, 0.6) is 5.75 Å². The number of benzene rings is 1. The van der Waals surface area contributed by atoms with Crippen molar-refractivity contribution in [3.63, 3.8) is 0 Å². The fraction of sp³-hybridized carbons (Fsp3) is 0.143. The number of anilines is 1. The Kier molecular flexibility index (Phi) is 4.57. The van der Waals surface area contributed by atoms with Crippen molar-refractivity contribution in [1.82, 2.24) is 4.98 Å². The number of aromatic carboxylic acids is 1. The molecule has 5 nitrogen and oxygen atoms in total. The SMILES string of the molecule is COc1c(C(F)(F)F)ccc(-c2cc(N)c(Cl)c(C(=O)O)n2)c1F. The van der Waals surface area contributed by atoms with Crippen molar-refractivity contribution in [2.45, 2.75) is 6.18 Å². The van der Waals surface area contributed by atoms with Gasteiger partial charge in [0.1, 0.15) is 5.56 Å². The highest BCUT2D eigenvalue weighted by molar-refractivity contribution is 6.35. The highest BCUT2D eigenvalue weighted by Gasteiger charge is 2.36. The number of carboxylic acids is 1. The van der Waals surface area contributed by atoms with Gasteiger partial charge in [0.2, 0.25) is 0 Å². The standard InChI is InChI=1S/C14H9ClF4N2O3/c1-24-12-6(14(17,18)19)3-2-5(10(12)16)8-4-7(20)9(15)11(21-8)13(22)23/h2-4H,1H3,(H2,20,21)(H,22,23). The van der Waals surface area contributed by atoms with Gasteiger partial charge in [-0.05, 0) is 18.2 Å². The number of pyridine rings is 1. The molecule has 0 fully saturated rings. The zero-order valence-corrected chi connectivity index (χ0v) is 12.7. The molecule has 0 amide bonds. The molecule has 0 aliphatic carbocycles. The Morgan fingerprint density at radius 3 is 2.50 bits per heavy atom. The minimum absolute atomic E-state index is 0.211. The molecule has 1 aromatic heterocycles. The van der Waals surface area contributed by atoms with Crippen LogP contribution >= 0.6 is 11.6 Å². The van der Waals surface area contributed by atoms with E-state index in [2.05, 4.69) is 9.72 Å². The number of rotatable bonds is 3. The maximum absolute atomic E-state index is 14.4. The van der Waals surface area contributed by atoms with Gasteiger partial charge in [-0.2, -0.15) is 13.2 Å². The second-order valence-electron chi connectivity index (χ2n) is 4.57. The van der Waals surface area contributed by atoms with Gasteiger partial charge in [0.15, 0.2) is 17.3 Å². The van der Waals surface area contributed by atoms with Gasteiger partial charge in [-0.1, -0.05) is 11.6 Å².